The van der Waals surface area contributed by atoms with E-state index < -0.39 is 11.5 Å². The summed E-state index contributed by atoms with van der Waals surface area (Å²) in [4.78, 5) is 33.2. The molecule has 3 aromatic heterocycles. The minimum absolute atomic E-state index is 0.0698. The summed E-state index contributed by atoms with van der Waals surface area (Å²) in [7, 11) is 1.49. The number of amides is 1. The van der Waals surface area contributed by atoms with Gasteiger partial charge in [0.1, 0.15) is 17.7 Å². The number of aromatic nitrogens is 4. The lowest BCUT2D eigenvalue weighted by molar-refractivity contribution is 0.0951. The molecule has 0 aliphatic rings. The van der Waals surface area contributed by atoms with Gasteiger partial charge in [-0.2, -0.15) is 5.10 Å². The largest absolute Gasteiger partial charge is 0.493 e. The number of ether oxygens (including phenoxy) is 1. The van der Waals surface area contributed by atoms with Crippen molar-refractivity contribution in [1.82, 2.24) is 25.1 Å². The molecule has 4 aromatic rings. The summed E-state index contributed by atoms with van der Waals surface area (Å²) < 4.78 is 12.2. The number of hydrogen-bond acceptors (Lipinski definition) is 8. The predicted octanol–water partition coefficient (Wildman–Crippen LogP) is 2.24. The lowest BCUT2D eigenvalue weighted by atomic mass is 10.1. The molecule has 0 radical (unpaired) electrons. The fourth-order valence-corrected chi connectivity index (χ4v) is 3.32. The number of hydrogen-bond donors (Lipinski definition) is 2. The van der Waals surface area contributed by atoms with Gasteiger partial charge in [0, 0.05) is 30.2 Å². The molecule has 32 heavy (non-hydrogen) atoms. The summed E-state index contributed by atoms with van der Waals surface area (Å²) in [6.45, 7) is 4.53. The Hall–Kier alpha value is -4.21. The molecule has 0 atom stereocenters. The van der Waals surface area contributed by atoms with Crippen LogP contribution >= 0.6 is 0 Å². The number of fused-ring (bicyclic) bond motifs is 1. The van der Waals surface area contributed by atoms with Crippen molar-refractivity contribution < 1.29 is 13.9 Å². The standard InChI is InChI=1S/C22H22N6O4/c1-13-9-14(2)28(27-13)19-11-18(25-12-26-19)23-7-8-24-21(29)16-10-15-5-4-6-17(31-3)20(15)32-22(16)30/h4-6,9-12H,7-8H2,1-3H3,(H,24,29)(H,23,25,26). The van der Waals surface area contributed by atoms with Crippen molar-refractivity contribution in [2.45, 2.75) is 13.8 Å². The second-order valence-electron chi connectivity index (χ2n) is 7.11. The predicted molar refractivity (Wildman–Crippen MR) is 118 cm³/mol. The zero-order chi connectivity index (χ0) is 22.7. The van der Waals surface area contributed by atoms with Gasteiger partial charge in [-0.15, -0.1) is 0 Å². The Morgan fingerprint density at radius 1 is 1.16 bits per heavy atom. The maximum Gasteiger partial charge on any atom is 0.349 e. The number of nitrogens with zero attached hydrogens (tertiary/aromatic N) is 4. The average molecular weight is 434 g/mol. The molecule has 0 saturated carbocycles. The number of aryl methyl sites for hydroxylation is 2. The maximum absolute atomic E-state index is 12.5. The molecule has 1 amide bonds. The Labute approximate surface area is 183 Å². The van der Waals surface area contributed by atoms with Gasteiger partial charge in [-0.1, -0.05) is 12.1 Å². The van der Waals surface area contributed by atoms with Crippen LogP contribution in [-0.4, -0.2) is 45.9 Å². The van der Waals surface area contributed by atoms with Gasteiger partial charge >= 0.3 is 5.63 Å². The van der Waals surface area contributed by atoms with E-state index in [1.165, 1.54) is 19.5 Å². The van der Waals surface area contributed by atoms with Gasteiger partial charge in [0.05, 0.1) is 12.8 Å². The number of benzene rings is 1. The quantitative estimate of drug-likeness (QED) is 0.335. The van der Waals surface area contributed by atoms with Crippen molar-refractivity contribution >= 4 is 22.7 Å². The van der Waals surface area contributed by atoms with Gasteiger partial charge in [0.25, 0.3) is 5.91 Å². The molecule has 0 fully saturated rings. The van der Waals surface area contributed by atoms with E-state index in [2.05, 4.69) is 25.7 Å². The molecule has 0 aliphatic heterocycles. The van der Waals surface area contributed by atoms with Crippen LogP contribution in [0.4, 0.5) is 5.82 Å². The van der Waals surface area contributed by atoms with Crippen LogP contribution in [0.3, 0.4) is 0 Å². The Bertz CT molecular complexity index is 1340. The number of carbonyl (C=O) groups excluding carboxylic acids is 1. The van der Waals surface area contributed by atoms with Crippen molar-refractivity contribution in [3.05, 3.63) is 70.1 Å². The van der Waals surface area contributed by atoms with Crippen molar-refractivity contribution in [3.63, 3.8) is 0 Å². The summed E-state index contributed by atoms with van der Waals surface area (Å²) in [5.41, 5.74) is 1.37. The zero-order valence-corrected chi connectivity index (χ0v) is 17.9. The highest BCUT2D eigenvalue weighted by Crippen LogP contribution is 2.24. The Kier molecular flexibility index (Phi) is 5.84. The molecule has 1 aromatic carbocycles. The Morgan fingerprint density at radius 3 is 2.75 bits per heavy atom. The van der Waals surface area contributed by atoms with Crippen LogP contribution in [0.2, 0.25) is 0 Å². The molecule has 0 aliphatic carbocycles. The normalized spacial score (nSPS) is 10.8. The fourth-order valence-electron chi connectivity index (χ4n) is 3.32. The fraction of sp³-hybridized carbons (Fsp3) is 0.227. The van der Waals surface area contributed by atoms with Crippen LogP contribution in [-0.2, 0) is 0 Å². The molecule has 0 bridgehead atoms. The molecule has 164 valence electrons. The van der Waals surface area contributed by atoms with Gasteiger partial charge in [0.2, 0.25) is 0 Å². The number of anilines is 1. The topological polar surface area (TPSA) is 124 Å². The molecule has 0 saturated heterocycles. The third kappa shape index (κ3) is 4.29. The Balaban J connectivity index is 1.39. The number of para-hydroxylation sites is 1. The summed E-state index contributed by atoms with van der Waals surface area (Å²) >= 11 is 0. The van der Waals surface area contributed by atoms with E-state index in [1.54, 1.807) is 28.9 Å². The van der Waals surface area contributed by atoms with Gasteiger partial charge in [-0.05, 0) is 32.0 Å². The molecule has 0 unspecified atom stereocenters. The zero-order valence-electron chi connectivity index (χ0n) is 17.9. The van der Waals surface area contributed by atoms with Crippen molar-refractivity contribution in [3.8, 4) is 11.6 Å². The minimum Gasteiger partial charge on any atom is -0.493 e. The molecule has 4 rings (SSSR count). The SMILES string of the molecule is COc1cccc2cc(C(=O)NCCNc3cc(-n4nc(C)cc4C)ncn3)c(=O)oc12. The number of methoxy groups -OCH3 is 1. The third-order valence-corrected chi connectivity index (χ3v) is 4.78. The van der Waals surface area contributed by atoms with E-state index in [-0.39, 0.29) is 12.1 Å². The number of rotatable bonds is 7. The lowest BCUT2D eigenvalue weighted by Gasteiger charge is -2.09. The first-order valence-electron chi connectivity index (χ1n) is 9.95. The summed E-state index contributed by atoms with van der Waals surface area (Å²) in [5, 5.41) is 10.8. The molecule has 10 nitrogen and oxygen atoms in total. The monoisotopic (exact) mass is 434 g/mol. The summed E-state index contributed by atoms with van der Waals surface area (Å²) in [6.07, 6.45) is 1.45. The number of carbonyl (C=O) groups is 1. The van der Waals surface area contributed by atoms with E-state index in [0.717, 1.165) is 11.4 Å². The van der Waals surface area contributed by atoms with Crippen LogP contribution in [0.25, 0.3) is 16.8 Å². The number of nitrogens with one attached hydrogen (secondary N) is 2. The molecule has 2 N–H and O–H groups in total. The Morgan fingerprint density at radius 2 is 2.00 bits per heavy atom. The van der Waals surface area contributed by atoms with Gasteiger partial charge < -0.3 is 19.8 Å². The van der Waals surface area contributed by atoms with Crippen LogP contribution in [0, 0.1) is 13.8 Å². The third-order valence-electron chi connectivity index (χ3n) is 4.78. The van der Waals surface area contributed by atoms with Crippen LogP contribution in [0.15, 0.2) is 51.9 Å². The maximum atomic E-state index is 12.5. The smallest absolute Gasteiger partial charge is 0.349 e. The van der Waals surface area contributed by atoms with Gasteiger partial charge in [0.15, 0.2) is 17.2 Å². The van der Waals surface area contributed by atoms with Gasteiger partial charge in [-0.25, -0.2) is 19.4 Å². The lowest BCUT2D eigenvalue weighted by Crippen LogP contribution is -2.32. The van der Waals surface area contributed by atoms with Crippen LogP contribution in [0.1, 0.15) is 21.7 Å². The first-order chi connectivity index (χ1) is 15.5. The van der Waals surface area contributed by atoms with Gasteiger partial charge in [-0.3, -0.25) is 4.79 Å². The van der Waals surface area contributed by atoms with E-state index in [0.29, 0.717) is 34.9 Å². The highest BCUT2D eigenvalue weighted by atomic mass is 16.5. The van der Waals surface area contributed by atoms with Crippen LogP contribution in [0.5, 0.6) is 5.75 Å². The molecular formula is C22H22N6O4. The first kappa shape index (κ1) is 21.0. The van der Waals surface area contributed by atoms with Crippen molar-refractivity contribution in [2.24, 2.45) is 0 Å². The second kappa shape index (κ2) is 8.88. The molecule has 0 spiro atoms. The van der Waals surface area contributed by atoms with Crippen molar-refractivity contribution in [2.75, 3.05) is 25.5 Å². The van der Waals surface area contributed by atoms with Crippen molar-refractivity contribution in [1.29, 1.82) is 0 Å². The van der Waals surface area contributed by atoms with E-state index in [1.807, 2.05) is 19.9 Å². The summed E-state index contributed by atoms with van der Waals surface area (Å²) in [6, 6.07) is 10.4. The molecule has 3 heterocycles. The van der Waals surface area contributed by atoms with Crippen LogP contribution < -0.4 is 21.0 Å². The van der Waals surface area contributed by atoms with E-state index >= 15 is 0 Å². The second-order valence-corrected chi connectivity index (χ2v) is 7.11. The molecular weight excluding hydrogens is 412 g/mol. The summed E-state index contributed by atoms with van der Waals surface area (Å²) in [5.74, 6) is 1.15. The molecule has 10 heteroatoms. The van der Waals surface area contributed by atoms with E-state index in [4.69, 9.17) is 9.15 Å². The minimum atomic E-state index is -0.724. The van der Waals surface area contributed by atoms with E-state index in [9.17, 15) is 9.59 Å². The highest BCUT2D eigenvalue weighted by molar-refractivity contribution is 5.97. The first-order valence-corrected chi connectivity index (χ1v) is 9.95. The average Bonchev–Trinajstić information content (AvgIpc) is 3.13. The highest BCUT2D eigenvalue weighted by Gasteiger charge is 2.15.